The number of hydrogen-bond acceptors (Lipinski definition) is 2. The van der Waals surface area contributed by atoms with Gasteiger partial charge in [0.1, 0.15) is 0 Å². The molecule has 0 saturated carbocycles. The molecule has 144 valence electrons. The number of rotatable bonds is 3. The Morgan fingerprint density at radius 3 is 2.48 bits per heavy atom. The van der Waals surface area contributed by atoms with Gasteiger partial charge in [-0.3, -0.25) is 0 Å². The number of carboxylic acid groups (broad SMARTS) is 1. The summed E-state index contributed by atoms with van der Waals surface area (Å²) in [4.78, 5) is 14.7. The van der Waals surface area contributed by atoms with Crippen LogP contribution in [0.25, 0.3) is 10.9 Å². The molecule has 0 bridgehead atoms. The molecule has 4 aromatic rings. The van der Waals surface area contributed by atoms with Crippen LogP contribution < -0.4 is 10.4 Å². The number of halogens is 1. The number of carboxylic acids is 1. The molecule has 0 unspecified atom stereocenters. The molecule has 1 aliphatic heterocycles. The van der Waals surface area contributed by atoms with Crippen LogP contribution in [0.5, 0.6) is 0 Å². The zero-order chi connectivity index (χ0) is 20.0. The maximum absolute atomic E-state index is 11.1. The average molecular weight is 403 g/mol. The molecule has 3 N–H and O–H groups in total. The number of nitrogens with one attached hydrogen (secondary N) is 1. The Labute approximate surface area is 173 Å². The summed E-state index contributed by atoms with van der Waals surface area (Å²) in [6.45, 7) is 0.853. The maximum Gasteiger partial charge on any atom is 0.153 e. The second kappa shape index (κ2) is 7.07. The van der Waals surface area contributed by atoms with Gasteiger partial charge in [-0.25, -0.2) is 0 Å². The number of nitrogens with two attached hydrogens (primary N) is 1. The summed E-state index contributed by atoms with van der Waals surface area (Å²) in [5.41, 5.74) is 5.88. The highest BCUT2D eigenvalue weighted by molar-refractivity contribution is 6.31. The number of aromatic carboxylic acids is 1. The zero-order valence-corrected chi connectivity index (χ0v) is 16.3. The van der Waals surface area contributed by atoms with Gasteiger partial charge in [0, 0.05) is 27.1 Å². The van der Waals surface area contributed by atoms with Crippen molar-refractivity contribution in [1.82, 2.24) is 4.98 Å². The lowest BCUT2D eigenvalue weighted by molar-refractivity contribution is -0.692. The molecule has 3 aromatic carbocycles. The van der Waals surface area contributed by atoms with Crippen molar-refractivity contribution in [2.45, 2.75) is 12.0 Å². The van der Waals surface area contributed by atoms with E-state index in [4.69, 9.17) is 11.6 Å². The third-order valence-electron chi connectivity index (χ3n) is 5.83. The number of para-hydroxylation sites is 1. The summed E-state index contributed by atoms with van der Waals surface area (Å²) >= 11 is 6.56. The molecule has 29 heavy (non-hydrogen) atoms. The van der Waals surface area contributed by atoms with Crippen LogP contribution in [0, 0.1) is 0 Å². The van der Waals surface area contributed by atoms with E-state index in [0.717, 1.165) is 33.9 Å². The predicted octanol–water partition coefficient (Wildman–Crippen LogP) is 2.98. The number of fused-ring (bicyclic) bond motifs is 3. The van der Waals surface area contributed by atoms with Crippen molar-refractivity contribution in [3.63, 3.8) is 0 Å². The van der Waals surface area contributed by atoms with Crippen LogP contribution in [-0.2, 0) is 0 Å². The molecular formula is C24H19ClN2O2. The van der Waals surface area contributed by atoms with Gasteiger partial charge in [-0.2, -0.15) is 0 Å². The van der Waals surface area contributed by atoms with E-state index in [1.807, 2.05) is 36.4 Å². The van der Waals surface area contributed by atoms with Crippen LogP contribution in [-0.4, -0.2) is 17.5 Å². The van der Waals surface area contributed by atoms with E-state index in [2.05, 4.69) is 34.6 Å². The number of aromatic amines is 1. The summed E-state index contributed by atoms with van der Waals surface area (Å²) in [7, 11) is 0. The van der Waals surface area contributed by atoms with Crippen molar-refractivity contribution in [3.8, 4) is 0 Å². The molecule has 0 radical (unpaired) electrons. The molecule has 0 saturated heterocycles. The van der Waals surface area contributed by atoms with Crippen molar-refractivity contribution >= 4 is 28.5 Å². The van der Waals surface area contributed by atoms with Crippen LogP contribution in [0.1, 0.15) is 44.7 Å². The van der Waals surface area contributed by atoms with Crippen LogP contribution in [0.3, 0.4) is 0 Å². The molecule has 2 heterocycles. The molecule has 1 aliphatic rings. The van der Waals surface area contributed by atoms with Gasteiger partial charge >= 0.3 is 0 Å². The standard InChI is InChI=1S/C24H19ClN2O2/c25-19-7-3-1-5-16(19)18-13-26-22(14-9-11-15(12-10-14)24(28)29)23-21(18)17-6-2-4-8-20(17)27-23/h1-12,18,22,26-27H,13H2,(H,28,29)/t18-,22+/m1/s1. The number of hydrogen-bond donors (Lipinski definition) is 2. The second-order valence-corrected chi connectivity index (χ2v) is 7.84. The Kier molecular flexibility index (Phi) is 4.38. The third kappa shape index (κ3) is 3.01. The van der Waals surface area contributed by atoms with Gasteiger partial charge in [-0.15, -0.1) is 0 Å². The molecule has 5 heteroatoms. The minimum atomic E-state index is -1.16. The largest absolute Gasteiger partial charge is 0.545 e. The second-order valence-electron chi connectivity index (χ2n) is 7.43. The Morgan fingerprint density at radius 2 is 1.72 bits per heavy atom. The van der Waals surface area contributed by atoms with Crippen LogP contribution in [0.2, 0.25) is 5.02 Å². The van der Waals surface area contributed by atoms with E-state index < -0.39 is 5.97 Å². The Hall–Kier alpha value is -3.08. The number of carbonyl (C=O) groups excluding carboxylic acids is 1. The van der Waals surface area contributed by atoms with Gasteiger partial charge in [0.05, 0.1) is 24.1 Å². The summed E-state index contributed by atoms with van der Waals surface area (Å²) in [6.07, 6.45) is 0. The fourth-order valence-electron chi connectivity index (χ4n) is 4.48. The fourth-order valence-corrected chi connectivity index (χ4v) is 4.75. The average Bonchev–Trinajstić information content (AvgIpc) is 3.13. The molecular weight excluding hydrogens is 384 g/mol. The number of carbonyl (C=O) groups is 1. The molecule has 1 aromatic heterocycles. The summed E-state index contributed by atoms with van der Waals surface area (Å²) < 4.78 is 0. The SMILES string of the molecule is O=C([O-])c1ccc([C@@H]2[NH2+]C[C@H](c3ccccc3Cl)c3c2[nH]c2ccccc32)cc1. The quantitative estimate of drug-likeness (QED) is 0.553. The minimum absolute atomic E-state index is 0.0620. The topological polar surface area (TPSA) is 72.5 Å². The van der Waals surface area contributed by atoms with E-state index >= 15 is 0 Å². The van der Waals surface area contributed by atoms with Crippen molar-refractivity contribution in [3.05, 3.63) is 106 Å². The molecule has 5 rings (SSSR count). The highest BCUT2D eigenvalue weighted by Gasteiger charge is 2.36. The van der Waals surface area contributed by atoms with Crippen molar-refractivity contribution in [1.29, 1.82) is 0 Å². The smallest absolute Gasteiger partial charge is 0.153 e. The first-order valence-electron chi connectivity index (χ1n) is 9.63. The lowest BCUT2D eigenvalue weighted by atomic mass is 9.83. The Morgan fingerprint density at radius 1 is 1.00 bits per heavy atom. The summed E-state index contributed by atoms with van der Waals surface area (Å²) in [5, 5.41) is 15.4. The van der Waals surface area contributed by atoms with E-state index in [9.17, 15) is 9.90 Å². The summed E-state index contributed by atoms with van der Waals surface area (Å²) in [6, 6.07) is 23.4. The fraction of sp³-hybridized carbons (Fsp3) is 0.125. The molecule has 0 fully saturated rings. The van der Waals surface area contributed by atoms with Crippen LogP contribution >= 0.6 is 11.6 Å². The van der Waals surface area contributed by atoms with Gasteiger partial charge in [0.2, 0.25) is 0 Å². The zero-order valence-electron chi connectivity index (χ0n) is 15.6. The number of H-pyrrole nitrogens is 1. The van der Waals surface area contributed by atoms with Crippen LogP contribution in [0.15, 0.2) is 72.8 Å². The predicted molar refractivity (Wildman–Crippen MR) is 111 cm³/mol. The van der Waals surface area contributed by atoms with E-state index in [-0.39, 0.29) is 17.5 Å². The van der Waals surface area contributed by atoms with Gasteiger partial charge in [0.25, 0.3) is 0 Å². The number of quaternary nitrogens is 1. The van der Waals surface area contributed by atoms with Gasteiger partial charge in [-0.05, 0) is 23.3 Å². The lowest BCUT2D eigenvalue weighted by Gasteiger charge is -2.29. The highest BCUT2D eigenvalue weighted by atomic mass is 35.5. The first-order valence-corrected chi connectivity index (χ1v) is 10.0. The molecule has 0 spiro atoms. The minimum Gasteiger partial charge on any atom is -0.545 e. The first-order chi connectivity index (χ1) is 14.1. The highest BCUT2D eigenvalue weighted by Crippen LogP contribution is 2.40. The third-order valence-corrected chi connectivity index (χ3v) is 6.17. The van der Waals surface area contributed by atoms with Crippen molar-refractivity contribution in [2.75, 3.05) is 6.54 Å². The maximum atomic E-state index is 11.1. The van der Waals surface area contributed by atoms with E-state index in [1.54, 1.807) is 12.1 Å². The molecule has 0 aliphatic carbocycles. The van der Waals surface area contributed by atoms with Crippen molar-refractivity contribution < 1.29 is 15.2 Å². The van der Waals surface area contributed by atoms with Gasteiger partial charge < -0.3 is 20.2 Å². The Balaban J connectivity index is 1.67. The molecule has 4 nitrogen and oxygen atoms in total. The number of aromatic nitrogens is 1. The van der Waals surface area contributed by atoms with Gasteiger partial charge in [0.15, 0.2) is 6.04 Å². The van der Waals surface area contributed by atoms with E-state index in [1.165, 1.54) is 10.9 Å². The number of benzene rings is 3. The summed E-state index contributed by atoms with van der Waals surface area (Å²) in [5.74, 6) is -0.983. The molecule has 2 atom stereocenters. The van der Waals surface area contributed by atoms with Crippen LogP contribution in [0.4, 0.5) is 0 Å². The lowest BCUT2D eigenvalue weighted by Crippen LogP contribution is -2.88. The molecule has 0 amide bonds. The monoisotopic (exact) mass is 402 g/mol. The van der Waals surface area contributed by atoms with Crippen molar-refractivity contribution in [2.24, 2.45) is 0 Å². The normalized spacial score (nSPS) is 18.5. The van der Waals surface area contributed by atoms with E-state index in [0.29, 0.717) is 0 Å². The van der Waals surface area contributed by atoms with Gasteiger partial charge in [-0.1, -0.05) is 72.3 Å². The first kappa shape index (κ1) is 18.0. The Bertz CT molecular complexity index is 1210.